The number of nitrogens with zero attached hydrogens (tertiary/aromatic N) is 1. The van der Waals surface area contributed by atoms with Crippen LogP contribution in [0.15, 0.2) is 66.0 Å². The first-order chi connectivity index (χ1) is 9.90. The maximum Gasteiger partial charge on any atom is 0.0524 e. The van der Waals surface area contributed by atoms with E-state index in [1.54, 1.807) is 0 Å². The summed E-state index contributed by atoms with van der Waals surface area (Å²) in [6.07, 6.45) is 16.6. The molecular formula is C18H17N2. The quantitative estimate of drug-likeness (QED) is 0.833. The van der Waals surface area contributed by atoms with E-state index in [-0.39, 0.29) is 0 Å². The number of anilines is 1. The number of nitrogens with one attached hydrogen (secondary N) is 1. The van der Waals surface area contributed by atoms with Gasteiger partial charge in [-0.3, -0.25) is 0 Å². The lowest BCUT2D eigenvalue weighted by Gasteiger charge is -2.32. The minimum atomic E-state index is 0.370. The lowest BCUT2D eigenvalue weighted by Crippen LogP contribution is -2.30. The summed E-state index contributed by atoms with van der Waals surface area (Å²) in [4.78, 5) is 2.22. The van der Waals surface area contributed by atoms with Gasteiger partial charge >= 0.3 is 0 Å². The molecule has 0 saturated heterocycles. The molecule has 3 aliphatic heterocycles. The van der Waals surface area contributed by atoms with Crippen molar-refractivity contribution in [1.82, 2.24) is 4.90 Å². The standard InChI is InChI=1S/C18H17N2/c1-2-7-17-14(5-1)8-9-18(19-17)15-10-12-20-11-4-3-6-16(20)13-15/h1-7,10,12,18-19H,8-9,11H2. The minimum Gasteiger partial charge on any atom is -0.378 e. The van der Waals surface area contributed by atoms with Crippen molar-refractivity contribution in [3.05, 3.63) is 77.7 Å². The number of hydrogen-bond donors (Lipinski definition) is 1. The molecular weight excluding hydrogens is 244 g/mol. The van der Waals surface area contributed by atoms with Gasteiger partial charge in [-0.1, -0.05) is 30.4 Å². The summed E-state index contributed by atoms with van der Waals surface area (Å²) >= 11 is 0. The number of benzene rings is 1. The molecule has 0 aliphatic carbocycles. The van der Waals surface area contributed by atoms with E-state index < -0.39 is 0 Å². The number of hydrogen-bond acceptors (Lipinski definition) is 2. The molecule has 99 valence electrons. The Bertz CT molecular complexity index is 649. The third kappa shape index (κ3) is 1.97. The molecule has 0 amide bonds. The molecule has 4 rings (SSSR count). The lowest BCUT2D eigenvalue weighted by molar-refractivity contribution is 0.513. The lowest BCUT2D eigenvalue weighted by atomic mass is 9.91. The Balaban J connectivity index is 1.61. The van der Waals surface area contributed by atoms with Crippen molar-refractivity contribution >= 4 is 5.69 Å². The highest BCUT2D eigenvalue weighted by Crippen LogP contribution is 2.30. The Morgan fingerprint density at radius 3 is 3.20 bits per heavy atom. The number of allylic oxidation sites excluding steroid dienone is 3. The predicted molar refractivity (Wildman–Crippen MR) is 82.0 cm³/mol. The van der Waals surface area contributed by atoms with E-state index in [0.29, 0.717) is 6.04 Å². The number of fused-ring (bicyclic) bond motifs is 2. The highest BCUT2D eigenvalue weighted by molar-refractivity contribution is 5.56. The van der Waals surface area contributed by atoms with Crippen LogP contribution in [0.4, 0.5) is 5.69 Å². The van der Waals surface area contributed by atoms with Crippen LogP contribution < -0.4 is 5.32 Å². The molecule has 1 N–H and O–H groups in total. The summed E-state index contributed by atoms with van der Waals surface area (Å²) < 4.78 is 0. The van der Waals surface area contributed by atoms with Gasteiger partial charge in [0.15, 0.2) is 0 Å². The molecule has 0 saturated carbocycles. The zero-order valence-electron chi connectivity index (χ0n) is 11.3. The molecule has 3 heterocycles. The van der Waals surface area contributed by atoms with Gasteiger partial charge in [-0.15, -0.1) is 0 Å². The summed E-state index contributed by atoms with van der Waals surface area (Å²) in [5, 5.41) is 3.65. The van der Waals surface area contributed by atoms with Crippen molar-refractivity contribution < 1.29 is 0 Å². The molecule has 2 nitrogen and oxygen atoms in total. The number of para-hydroxylation sites is 1. The van der Waals surface area contributed by atoms with Gasteiger partial charge < -0.3 is 10.2 Å². The van der Waals surface area contributed by atoms with Crippen LogP contribution in [0.25, 0.3) is 0 Å². The second-order valence-corrected chi connectivity index (χ2v) is 5.42. The Morgan fingerprint density at radius 1 is 1.25 bits per heavy atom. The predicted octanol–water partition coefficient (Wildman–Crippen LogP) is 3.43. The van der Waals surface area contributed by atoms with Crippen LogP contribution in [0.5, 0.6) is 0 Å². The van der Waals surface area contributed by atoms with E-state index in [2.05, 4.69) is 71.1 Å². The maximum atomic E-state index is 3.65. The molecule has 3 aliphatic rings. The molecule has 1 aromatic carbocycles. The molecule has 1 atom stereocenters. The Kier molecular flexibility index (Phi) is 2.73. The van der Waals surface area contributed by atoms with Gasteiger partial charge in [0.2, 0.25) is 0 Å². The SMILES string of the molecule is [C]1=C(C2CCc3ccccc3N2)C=CN2CC=CC=C12. The highest BCUT2D eigenvalue weighted by Gasteiger charge is 2.22. The van der Waals surface area contributed by atoms with Crippen molar-refractivity contribution in [3.63, 3.8) is 0 Å². The number of aryl methyl sites for hydroxylation is 1. The zero-order valence-corrected chi connectivity index (χ0v) is 11.3. The highest BCUT2D eigenvalue weighted by atomic mass is 15.1. The van der Waals surface area contributed by atoms with Crippen LogP contribution in [-0.2, 0) is 6.42 Å². The van der Waals surface area contributed by atoms with Crippen LogP contribution in [0.3, 0.4) is 0 Å². The summed E-state index contributed by atoms with van der Waals surface area (Å²) in [7, 11) is 0. The fourth-order valence-electron chi connectivity index (χ4n) is 3.02. The largest absolute Gasteiger partial charge is 0.378 e. The molecule has 1 unspecified atom stereocenters. The van der Waals surface area contributed by atoms with Gasteiger partial charge in [0.25, 0.3) is 0 Å². The van der Waals surface area contributed by atoms with Gasteiger partial charge in [0, 0.05) is 30.2 Å². The first kappa shape index (κ1) is 11.6. The first-order valence-corrected chi connectivity index (χ1v) is 7.20. The fourth-order valence-corrected chi connectivity index (χ4v) is 3.02. The van der Waals surface area contributed by atoms with E-state index in [1.165, 1.54) is 22.5 Å². The van der Waals surface area contributed by atoms with Crippen LogP contribution >= 0.6 is 0 Å². The van der Waals surface area contributed by atoms with Crippen LogP contribution in [0.1, 0.15) is 12.0 Å². The van der Waals surface area contributed by atoms with Gasteiger partial charge in [-0.2, -0.15) is 0 Å². The van der Waals surface area contributed by atoms with E-state index in [1.807, 2.05) is 0 Å². The topological polar surface area (TPSA) is 15.3 Å². The summed E-state index contributed by atoms with van der Waals surface area (Å²) in [5.41, 5.74) is 5.12. The van der Waals surface area contributed by atoms with Crippen LogP contribution in [-0.4, -0.2) is 17.5 Å². The van der Waals surface area contributed by atoms with Gasteiger partial charge in [-0.25, -0.2) is 0 Å². The zero-order chi connectivity index (χ0) is 13.4. The van der Waals surface area contributed by atoms with Gasteiger partial charge in [0.05, 0.1) is 6.04 Å². The van der Waals surface area contributed by atoms with Crippen LogP contribution in [0, 0.1) is 6.08 Å². The summed E-state index contributed by atoms with van der Waals surface area (Å²) in [6, 6.07) is 8.96. The normalized spacial score (nSPS) is 23.4. The average molecular weight is 261 g/mol. The van der Waals surface area contributed by atoms with Gasteiger partial charge in [0.1, 0.15) is 0 Å². The molecule has 0 aromatic heterocycles. The van der Waals surface area contributed by atoms with E-state index in [4.69, 9.17) is 0 Å². The molecule has 1 radical (unpaired) electrons. The van der Waals surface area contributed by atoms with Crippen molar-refractivity contribution in [3.8, 4) is 0 Å². The summed E-state index contributed by atoms with van der Waals surface area (Å²) in [5.74, 6) is 0. The smallest absolute Gasteiger partial charge is 0.0524 e. The number of rotatable bonds is 1. The third-order valence-corrected chi connectivity index (χ3v) is 4.13. The van der Waals surface area contributed by atoms with E-state index >= 15 is 0 Å². The Hall–Kier alpha value is -2.22. The maximum absolute atomic E-state index is 3.65. The monoisotopic (exact) mass is 261 g/mol. The molecule has 20 heavy (non-hydrogen) atoms. The van der Waals surface area contributed by atoms with E-state index in [9.17, 15) is 0 Å². The van der Waals surface area contributed by atoms with Gasteiger partial charge in [-0.05, 0) is 42.2 Å². The molecule has 0 spiro atoms. The Labute approximate surface area is 119 Å². The molecule has 1 aromatic rings. The Morgan fingerprint density at radius 2 is 2.20 bits per heavy atom. The first-order valence-electron chi connectivity index (χ1n) is 7.20. The van der Waals surface area contributed by atoms with Crippen molar-refractivity contribution in [1.29, 1.82) is 0 Å². The second kappa shape index (κ2) is 4.71. The summed E-state index contributed by atoms with van der Waals surface area (Å²) in [6.45, 7) is 0.948. The molecule has 0 bridgehead atoms. The van der Waals surface area contributed by atoms with E-state index in [0.717, 1.165) is 19.4 Å². The second-order valence-electron chi connectivity index (χ2n) is 5.42. The average Bonchev–Trinajstić information content (AvgIpc) is 2.54. The van der Waals surface area contributed by atoms with Crippen molar-refractivity contribution in [2.45, 2.75) is 18.9 Å². The molecule has 0 fully saturated rings. The van der Waals surface area contributed by atoms with Crippen LogP contribution in [0.2, 0.25) is 0 Å². The third-order valence-electron chi connectivity index (χ3n) is 4.13. The molecule has 2 heteroatoms. The minimum absolute atomic E-state index is 0.370. The fraction of sp³-hybridized carbons (Fsp3) is 0.222. The van der Waals surface area contributed by atoms with Crippen molar-refractivity contribution in [2.24, 2.45) is 0 Å². The van der Waals surface area contributed by atoms with Crippen molar-refractivity contribution in [2.75, 3.05) is 11.9 Å².